The van der Waals surface area contributed by atoms with Gasteiger partial charge in [0.05, 0.1) is 31.1 Å². The molecule has 0 radical (unpaired) electrons. The van der Waals surface area contributed by atoms with Crippen LogP contribution in [0.25, 0.3) is 11.3 Å². The van der Waals surface area contributed by atoms with E-state index in [9.17, 15) is 9.59 Å². The first-order chi connectivity index (χ1) is 18.1. The molecule has 1 atom stereocenters. The highest BCUT2D eigenvalue weighted by Gasteiger charge is 2.22. The van der Waals surface area contributed by atoms with Crippen molar-refractivity contribution in [3.05, 3.63) is 65.7 Å². The van der Waals surface area contributed by atoms with Crippen molar-refractivity contribution < 1.29 is 14.3 Å². The summed E-state index contributed by atoms with van der Waals surface area (Å²) >= 11 is 0. The molecule has 2 aromatic heterocycles. The normalized spacial score (nSPS) is 17.6. The number of morpholine rings is 1. The molecule has 3 N–H and O–H groups in total. The molecule has 2 aliphatic rings. The number of benzene rings is 1. The van der Waals surface area contributed by atoms with E-state index in [0.29, 0.717) is 31.7 Å². The van der Waals surface area contributed by atoms with Crippen LogP contribution in [0, 0.1) is 0 Å². The number of nitrogens with two attached hydrogens (primary N) is 1. The molecular weight excluding hydrogens is 468 g/mol. The monoisotopic (exact) mass is 500 g/mol. The van der Waals surface area contributed by atoms with Gasteiger partial charge in [-0.3, -0.25) is 14.6 Å². The molecule has 5 rings (SSSR count). The summed E-state index contributed by atoms with van der Waals surface area (Å²) in [5.41, 5.74) is 10.5. The molecule has 0 bridgehead atoms. The number of nitrogen functional groups attached to an aromatic ring is 1. The van der Waals surface area contributed by atoms with E-state index in [2.05, 4.69) is 25.2 Å². The van der Waals surface area contributed by atoms with Gasteiger partial charge in [0, 0.05) is 55.1 Å². The Morgan fingerprint density at radius 1 is 1.11 bits per heavy atom. The number of aromatic nitrogens is 3. The van der Waals surface area contributed by atoms with Crippen LogP contribution in [0.5, 0.6) is 0 Å². The molecule has 2 saturated heterocycles. The number of hydrogen-bond acceptors (Lipinski definition) is 9. The third-order valence-corrected chi connectivity index (χ3v) is 7.00. The zero-order chi connectivity index (χ0) is 25.6. The molecule has 0 unspecified atom stereocenters. The maximum atomic E-state index is 13.3. The van der Waals surface area contributed by atoms with Crippen molar-refractivity contribution in [1.82, 2.24) is 20.3 Å². The van der Waals surface area contributed by atoms with Crippen LogP contribution in [0.3, 0.4) is 0 Å². The Kier molecular flexibility index (Phi) is 7.82. The fraction of sp³-hybridized carbons (Fsp3) is 0.393. The Bertz CT molecular complexity index is 1250. The van der Waals surface area contributed by atoms with E-state index in [0.717, 1.165) is 54.9 Å². The Hall–Kier alpha value is -3.69. The summed E-state index contributed by atoms with van der Waals surface area (Å²) < 4.78 is 5.46. The fourth-order valence-electron chi connectivity index (χ4n) is 4.91. The Morgan fingerprint density at radius 2 is 1.92 bits per heavy atom. The molecule has 0 spiro atoms. The first-order valence-electron chi connectivity index (χ1n) is 12.8. The second-order valence-corrected chi connectivity index (χ2v) is 9.51. The van der Waals surface area contributed by atoms with Crippen LogP contribution in [-0.2, 0) is 22.4 Å². The molecule has 37 heavy (non-hydrogen) atoms. The molecule has 0 amide bonds. The summed E-state index contributed by atoms with van der Waals surface area (Å²) in [7, 11) is 0. The van der Waals surface area contributed by atoms with Gasteiger partial charge in [0.15, 0.2) is 11.6 Å². The molecule has 3 aromatic rings. The standard InChI is InChI=1S/C28H32N6O3/c29-28-27(26(36)16-21-17-30-11-9-24(21)34-12-14-37-15-13-34)33-23(18-32-28)20-6-3-19(4-7-20)5-8-25(35)22-2-1-10-31-22/h3-4,6-7,9,11,17-18,22,31H,1-2,5,8,10,12-16H2,(H2,29,32)/t22-/m0/s1. The number of nitrogens with zero attached hydrogens (tertiary/aromatic N) is 4. The third-order valence-electron chi connectivity index (χ3n) is 7.00. The number of pyridine rings is 1. The first-order valence-corrected chi connectivity index (χ1v) is 12.8. The van der Waals surface area contributed by atoms with Crippen LogP contribution in [0.15, 0.2) is 48.9 Å². The number of carbonyl (C=O) groups excluding carboxylic acids is 2. The first kappa shape index (κ1) is 25.0. The van der Waals surface area contributed by atoms with Crippen molar-refractivity contribution in [2.45, 2.75) is 38.1 Å². The molecule has 9 heteroatoms. The average Bonchev–Trinajstić information content (AvgIpc) is 3.48. The van der Waals surface area contributed by atoms with Crippen LogP contribution in [-0.4, -0.2) is 65.4 Å². The van der Waals surface area contributed by atoms with E-state index in [1.165, 1.54) is 0 Å². The van der Waals surface area contributed by atoms with Crippen molar-refractivity contribution in [3.63, 3.8) is 0 Å². The number of carbonyl (C=O) groups is 2. The van der Waals surface area contributed by atoms with Gasteiger partial charge in [-0.1, -0.05) is 24.3 Å². The van der Waals surface area contributed by atoms with Crippen molar-refractivity contribution in [2.24, 2.45) is 0 Å². The summed E-state index contributed by atoms with van der Waals surface area (Å²) in [5.74, 6) is 0.186. The van der Waals surface area contributed by atoms with E-state index in [1.807, 2.05) is 30.3 Å². The molecule has 4 heterocycles. The number of hydrogen-bond donors (Lipinski definition) is 2. The minimum absolute atomic E-state index is 0.0110. The number of rotatable bonds is 9. The summed E-state index contributed by atoms with van der Waals surface area (Å²) in [6.07, 6.45) is 8.40. The molecule has 2 fully saturated rings. The fourth-order valence-corrected chi connectivity index (χ4v) is 4.91. The highest BCUT2D eigenvalue weighted by molar-refractivity contribution is 6.00. The SMILES string of the molecule is Nc1ncc(-c2ccc(CCC(=O)[C@@H]3CCCN3)cc2)nc1C(=O)Cc1cnccc1N1CCOCC1. The minimum atomic E-state index is -0.204. The van der Waals surface area contributed by atoms with Crippen molar-refractivity contribution in [3.8, 4) is 11.3 Å². The summed E-state index contributed by atoms with van der Waals surface area (Å²) in [4.78, 5) is 40.9. The smallest absolute Gasteiger partial charge is 0.189 e. The van der Waals surface area contributed by atoms with Gasteiger partial charge in [0.25, 0.3) is 0 Å². The lowest BCUT2D eigenvalue weighted by molar-refractivity contribution is -0.120. The number of ether oxygens (including phenoxy) is 1. The number of aryl methyl sites for hydroxylation is 1. The lowest BCUT2D eigenvalue weighted by atomic mass is 10.0. The molecule has 0 saturated carbocycles. The summed E-state index contributed by atoms with van der Waals surface area (Å²) in [5, 5.41) is 3.26. The van der Waals surface area contributed by atoms with Crippen molar-refractivity contribution >= 4 is 23.1 Å². The van der Waals surface area contributed by atoms with Gasteiger partial charge in [-0.15, -0.1) is 0 Å². The number of ketones is 2. The quantitative estimate of drug-likeness (QED) is 0.427. The number of anilines is 2. The van der Waals surface area contributed by atoms with Crippen molar-refractivity contribution in [1.29, 1.82) is 0 Å². The van der Waals surface area contributed by atoms with Crippen LogP contribution in [0.4, 0.5) is 11.5 Å². The van der Waals surface area contributed by atoms with Crippen LogP contribution in [0.2, 0.25) is 0 Å². The lowest BCUT2D eigenvalue weighted by Gasteiger charge is -2.30. The molecule has 9 nitrogen and oxygen atoms in total. The van der Waals surface area contributed by atoms with E-state index < -0.39 is 0 Å². The van der Waals surface area contributed by atoms with Crippen molar-refractivity contribution in [2.75, 3.05) is 43.5 Å². The zero-order valence-corrected chi connectivity index (χ0v) is 20.9. The zero-order valence-electron chi connectivity index (χ0n) is 20.9. The number of Topliss-reactive ketones (excluding diaryl/α,β-unsaturated/α-hetero) is 2. The maximum Gasteiger partial charge on any atom is 0.189 e. The van der Waals surface area contributed by atoms with Gasteiger partial charge >= 0.3 is 0 Å². The molecule has 2 aliphatic heterocycles. The molecular formula is C28H32N6O3. The topological polar surface area (TPSA) is 123 Å². The van der Waals surface area contributed by atoms with Crippen LogP contribution < -0.4 is 16.0 Å². The minimum Gasteiger partial charge on any atom is -0.382 e. The molecule has 192 valence electrons. The van der Waals surface area contributed by atoms with E-state index in [-0.39, 0.29) is 35.5 Å². The van der Waals surface area contributed by atoms with E-state index in [1.54, 1.807) is 18.6 Å². The lowest BCUT2D eigenvalue weighted by Crippen LogP contribution is -2.37. The van der Waals surface area contributed by atoms with Crippen LogP contribution in [0.1, 0.15) is 40.9 Å². The van der Waals surface area contributed by atoms with Gasteiger partial charge in [0.1, 0.15) is 11.5 Å². The van der Waals surface area contributed by atoms with E-state index >= 15 is 0 Å². The summed E-state index contributed by atoms with van der Waals surface area (Å²) in [6, 6.07) is 9.82. The third kappa shape index (κ3) is 6.00. The second kappa shape index (κ2) is 11.6. The average molecular weight is 501 g/mol. The van der Waals surface area contributed by atoms with Gasteiger partial charge in [-0.2, -0.15) is 0 Å². The summed E-state index contributed by atoms with van der Waals surface area (Å²) in [6.45, 7) is 3.77. The molecule has 0 aliphatic carbocycles. The Balaban J connectivity index is 1.27. The number of nitrogens with one attached hydrogen (secondary N) is 1. The Labute approximate surface area is 216 Å². The maximum absolute atomic E-state index is 13.3. The predicted octanol–water partition coefficient (Wildman–Crippen LogP) is 2.64. The van der Waals surface area contributed by atoms with Gasteiger partial charge in [-0.05, 0) is 37.4 Å². The highest BCUT2D eigenvalue weighted by atomic mass is 16.5. The van der Waals surface area contributed by atoms with Gasteiger partial charge in [0.2, 0.25) is 0 Å². The van der Waals surface area contributed by atoms with Crippen LogP contribution >= 0.6 is 0 Å². The van der Waals surface area contributed by atoms with E-state index in [4.69, 9.17) is 10.5 Å². The molecule has 1 aromatic carbocycles. The largest absolute Gasteiger partial charge is 0.382 e. The highest BCUT2D eigenvalue weighted by Crippen LogP contribution is 2.24. The van der Waals surface area contributed by atoms with Gasteiger partial charge < -0.3 is 20.7 Å². The second-order valence-electron chi connectivity index (χ2n) is 9.51. The van der Waals surface area contributed by atoms with Gasteiger partial charge in [-0.25, -0.2) is 9.97 Å². The Morgan fingerprint density at radius 3 is 2.68 bits per heavy atom. The predicted molar refractivity (Wildman–Crippen MR) is 142 cm³/mol.